The molecule has 37 heavy (non-hydrogen) atoms. The average molecular weight is 506 g/mol. The van der Waals surface area contributed by atoms with Gasteiger partial charge in [-0.2, -0.15) is 0 Å². The minimum Gasteiger partial charge on any atom is -0.491 e. The second-order valence-electron chi connectivity index (χ2n) is 10.2. The molecule has 0 aliphatic carbocycles. The molecule has 3 saturated heterocycles. The molecule has 194 valence electrons. The molecule has 1 unspecified atom stereocenters. The first-order valence-corrected chi connectivity index (χ1v) is 13.0. The lowest BCUT2D eigenvalue weighted by Gasteiger charge is -2.52. The summed E-state index contributed by atoms with van der Waals surface area (Å²) >= 11 is 0. The van der Waals surface area contributed by atoms with E-state index in [4.69, 9.17) is 9.47 Å². The Labute approximate surface area is 217 Å². The van der Waals surface area contributed by atoms with Crippen molar-refractivity contribution in [1.29, 1.82) is 0 Å². The Morgan fingerprint density at radius 2 is 1.62 bits per heavy atom. The number of fused-ring (bicyclic) bond motifs is 3. The number of carbonyl (C=O) groups is 1. The van der Waals surface area contributed by atoms with Crippen LogP contribution in [0.15, 0.2) is 84.9 Å². The van der Waals surface area contributed by atoms with Gasteiger partial charge in [0.25, 0.3) is 0 Å². The zero-order valence-electron chi connectivity index (χ0n) is 20.9. The fraction of sp³-hybridized carbons (Fsp3) is 0.367. The molecule has 2 bridgehead atoms. The van der Waals surface area contributed by atoms with Crippen molar-refractivity contribution in [3.05, 3.63) is 96.3 Å². The number of rotatable bonds is 9. The Balaban J connectivity index is 1.23. The van der Waals surface area contributed by atoms with Gasteiger partial charge in [-0.3, -0.25) is 4.90 Å². The van der Waals surface area contributed by atoms with Crippen LogP contribution in [0.4, 0.5) is 14.9 Å². The molecule has 0 saturated carbocycles. The molecule has 0 spiro atoms. The van der Waals surface area contributed by atoms with Gasteiger partial charge >= 0.3 is 6.09 Å². The third kappa shape index (κ3) is 6.29. The maximum atomic E-state index is 13.5. The number of quaternary nitrogens is 1. The van der Waals surface area contributed by atoms with Crippen LogP contribution in [0.1, 0.15) is 18.4 Å². The molecule has 2 atom stereocenters. The van der Waals surface area contributed by atoms with E-state index >= 15 is 0 Å². The summed E-state index contributed by atoms with van der Waals surface area (Å²) in [6.07, 6.45) is 0.727. The molecule has 1 N–H and O–H groups in total. The maximum Gasteiger partial charge on any atom is 0.415 e. The largest absolute Gasteiger partial charge is 0.491 e. The van der Waals surface area contributed by atoms with Gasteiger partial charge in [0.1, 0.15) is 37.4 Å². The van der Waals surface area contributed by atoms with Gasteiger partial charge in [0, 0.05) is 24.4 Å². The lowest BCUT2D eigenvalue weighted by molar-refractivity contribution is -0.948. The van der Waals surface area contributed by atoms with Gasteiger partial charge in [0.2, 0.25) is 0 Å². The summed E-state index contributed by atoms with van der Waals surface area (Å²) in [6.45, 7) is 3.71. The normalized spacial score (nSPS) is 23.3. The molecule has 6 nitrogen and oxygen atoms in total. The van der Waals surface area contributed by atoms with Gasteiger partial charge in [0.05, 0.1) is 19.6 Å². The highest BCUT2D eigenvalue weighted by atomic mass is 19.1. The number of carbonyl (C=O) groups excluding carboxylic acids is 1. The van der Waals surface area contributed by atoms with Crippen molar-refractivity contribution in [3.63, 3.8) is 0 Å². The van der Waals surface area contributed by atoms with Crippen LogP contribution in [0, 0.1) is 11.7 Å². The van der Waals surface area contributed by atoms with Crippen molar-refractivity contribution in [3.8, 4) is 5.75 Å². The predicted molar refractivity (Wildman–Crippen MR) is 140 cm³/mol. The second-order valence-corrected chi connectivity index (χ2v) is 10.2. The van der Waals surface area contributed by atoms with E-state index in [0.717, 1.165) is 37.2 Å². The minimum atomic E-state index is -0.671. The molecule has 6 rings (SSSR count). The van der Waals surface area contributed by atoms with E-state index in [9.17, 15) is 14.3 Å². The summed E-state index contributed by atoms with van der Waals surface area (Å²) in [5.41, 5.74) is 1.83. The lowest BCUT2D eigenvalue weighted by Crippen LogP contribution is -2.66. The first-order chi connectivity index (χ1) is 18.0. The van der Waals surface area contributed by atoms with Gasteiger partial charge in [-0.05, 0) is 42.0 Å². The summed E-state index contributed by atoms with van der Waals surface area (Å²) in [5, 5.41) is 10.8. The smallest absolute Gasteiger partial charge is 0.415 e. The second kappa shape index (κ2) is 11.3. The Hall–Kier alpha value is -3.42. The van der Waals surface area contributed by atoms with Gasteiger partial charge in [-0.15, -0.1) is 0 Å². The predicted octanol–water partition coefficient (Wildman–Crippen LogP) is 5.02. The highest BCUT2D eigenvalue weighted by Crippen LogP contribution is 2.36. The number of para-hydroxylation sites is 1. The molecule has 3 aliphatic rings. The fourth-order valence-electron chi connectivity index (χ4n) is 5.66. The molecular formula is C30H34FN2O4+. The molecular weight excluding hydrogens is 471 g/mol. The highest BCUT2D eigenvalue weighted by molar-refractivity contribution is 5.87. The molecule has 3 fully saturated rings. The molecule has 3 aromatic carbocycles. The van der Waals surface area contributed by atoms with Gasteiger partial charge in [-0.25, -0.2) is 9.18 Å². The Morgan fingerprint density at radius 1 is 0.973 bits per heavy atom. The standard InChI is InChI=1S/C30H34FN2O4/c31-25-11-13-28(14-12-25)36-22-27(34)20-33-17-15-24(16-18-33)29(21-33)37-30(35)32(26-9-5-2-6-10-26)19-23-7-3-1-4-8-23/h1-14,24,27,29,34H,15-22H2/q+1/t24?,27?,29-,33?/m0/s1. The van der Waals surface area contributed by atoms with E-state index < -0.39 is 6.10 Å². The maximum absolute atomic E-state index is 13.5. The van der Waals surface area contributed by atoms with Crippen LogP contribution in [-0.4, -0.2) is 60.7 Å². The van der Waals surface area contributed by atoms with Crippen LogP contribution in [0.2, 0.25) is 0 Å². The number of hydrogen-bond donors (Lipinski definition) is 1. The number of benzene rings is 3. The minimum absolute atomic E-state index is 0.137. The number of amides is 1. The number of aliphatic hydroxyl groups is 1. The Morgan fingerprint density at radius 3 is 2.30 bits per heavy atom. The van der Waals surface area contributed by atoms with E-state index in [2.05, 4.69) is 0 Å². The van der Waals surface area contributed by atoms with Crippen LogP contribution in [0.3, 0.4) is 0 Å². The zero-order valence-corrected chi connectivity index (χ0v) is 20.9. The van der Waals surface area contributed by atoms with Gasteiger partial charge in [-0.1, -0.05) is 48.5 Å². The van der Waals surface area contributed by atoms with Gasteiger partial charge in [0.15, 0.2) is 6.10 Å². The van der Waals surface area contributed by atoms with E-state index in [1.165, 1.54) is 12.1 Å². The van der Waals surface area contributed by atoms with Crippen molar-refractivity contribution >= 4 is 11.8 Å². The lowest BCUT2D eigenvalue weighted by atomic mass is 9.83. The van der Waals surface area contributed by atoms with Crippen LogP contribution in [-0.2, 0) is 11.3 Å². The number of aliphatic hydroxyl groups excluding tert-OH is 1. The van der Waals surface area contributed by atoms with E-state index in [-0.39, 0.29) is 24.6 Å². The number of halogens is 1. The molecule has 3 aromatic rings. The number of ether oxygens (including phenoxy) is 2. The van der Waals surface area contributed by atoms with Crippen LogP contribution in [0.25, 0.3) is 0 Å². The van der Waals surface area contributed by atoms with Crippen molar-refractivity contribution < 1.29 is 28.2 Å². The summed E-state index contributed by atoms with van der Waals surface area (Å²) < 4.78 is 25.7. The molecule has 7 heteroatoms. The summed E-state index contributed by atoms with van der Waals surface area (Å²) in [4.78, 5) is 15.2. The Bertz CT molecular complexity index is 1150. The quantitative estimate of drug-likeness (QED) is 0.415. The monoisotopic (exact) mass is 505 g/mol. The summed E-state index contributed by atoms with van der Waals surface area (Å²) in [7, 11) is 0. The zero-order chi connectivity index (χ0) is 25.7. The van der Waals surface area contributed by atoms with E-state index in [1.807, 2.05) is 60.7 Å². The van der Waals surface area contributed by atoms with Gasteiger partial charge < -0.3 is 19.1 Å². The van der Waals surface area contributed by atoms with Crippen molar-refractivity contribution in [2.75, 3.05) is 37.7 Å². The fourth-order valence-corrected chi connectivity index (χ4v) is 5.66. The van der Waals surface area contributed by atoms with E-state index in [0.29, 0.717) is 35.8 Å². The third-order valence-electron chi connectivity index (χ3n) is 7.62. The van der Waals surface area contributed by atoms with Crippen molar-refractivity contribution in [2.24, 2.45) is 5.92 Å². The molecule has 1 amide bonds. The topological polar surface area (TPSA) is 59.0 Å². The molecule has 3 heterocycles. The van der Waals surface area contributed by atoms with Crippen LogP contribution < -0.4 is 9.64 Å². The van der Waals surface area contributed by atoms with Crippen molar-refractivity contribution in [1.82, 2.24) is 0 Å². The number of hydrogen-bond acceptors (Lipinski definition) is 4. The number of nitrogens with zero attached hydrogens (tertiary/aromatic N) is 2. The summed E-state index contributed by atoms with van der Waals surface area (Å²) in [6, 6.07) is 25.3. The number of anilines is 1. The average Bonchev–Trinajstić information content (AvgIpc) is 2.93. The van der Waals surface area contributed by atoms with Crippen molar-refractivity contribution in [2.45, 2.75) is 31.6 Å². The Kier molecular flexibility index (Phi) is 7.72. The van der Waals surface area contributed by atoms with Crippen LogP contribution in [0.5, 0.6) is 5.75 Å². The highest BCUT2D eigenvalue weighted by Gasteiger charge is 2.48. The number of piperidine rings is 3. The van der Waals surface area contributed by atoms with E-state index in [1.54, 1.807) is 17.0 Å². The molecule has 0 radical (unpaired) electrons. The molecule has 3 aliphatic heterocycles. The third-order valence-corrected chi connectivity index (χ3v) is 7.62. The first-order valence-electron chi connectivity index (χ1n) is 13.0. The van der Waals surface area contributed by atoms with Crippen LogP contribution >= 0.6 is 0 Å². The first kappa shape index (κ1) is 25.2. The summed E-state index contributed by atoms with van der Waals surface area (Å²) in [5.74, 6) is 0.549. The molecule has 0 aromatic heterocycles. The SMILES string of the molecule is O=C(O[C@H]1C[N+]2(CC(O)COc3ccc(F)cc3)CCC1CC2)N(Cc1ccccc1)c1ccccc1.